The summed E-state index contributed by atoms with van der Waals surface area (Å²) in [6, 6.07) is 10.6. The van der Waals surface area contributed by atoms with Crippen molar-refractivity contribution in [1.82, 2.24) is 0 Å². The monoisotopic (exact) mass is 467 g/mol. The molecule has 0 radical (unpaired) electrons. The zero-order chi connectivity index (χ0) is 20.7. The molecule has 0 amide bonds. The fourth-order valence-corrected chi connectivity index (χ4v) is 3.76. The van der Waals surface area contributed by atoms with Gasteiger partial charge in [-0.2, -0.15) is 5.11 Å². The fourth-order valence-electron chi connectivity index (χ4n) is 2.50. The first-order valence-corrected chi connectivity index (χ1v) is 10.3. The van der Waals surface area contributed by atoms with Gasteiger partial charge in [0.2, 0.25) is 0 Å². The smallest absolute Gasteiger partial charge is 0.744 e. The number of nitrogen functional groups attached to an aromatic ring is 1. The SMILES string of the molecule is Nc1cc2c(O)c(N=Nc3ccccc3)c(S(=O)(=O)[O-])cc2cc1S(=O)(=O)[O-].[Na+].[Na+]. The zero-order valence-electron chi connectivity index (χ0n) is 15.8. The fraction of sp³-hybridized carbons (Fsp3) is 0. The van der Waals surface area contributed by atoms with Gasteiger partial charge in [-0.25, -0.2) is 16.8 Å². The number of phenols is 1. The van der Waals surface area contributed by atoms with Crippen molar-refractivity contribution in [2.45, 2.75) is 9.79 Å². The molecular weight excluding hydrogens is 456 g/mol. The first-order chi connectivity index (χ1) is 13.0. The number of anilines is 1. The van der Waals surface area contributed by atoms with Gasteiger partial charge < -0.3 is 19.9 Å². The van der Waals surface area contributed by atoms with Crippen LogP contribution >= 0.6 is 0 Å². The maximum absolute atomic E-state index is 11.6. The number of hydrogen-bond donors (Lipinski definition) is 2. The van der Waals surface area contributed by atoms with Crippen LogP contribution in [0, 0.1) is 0 Å². The van der Waals surface area contributed by atoms with E-state index >= 15 is 0 Å². The summed E-state index contributed by atoms with van der Waals surface area (Å²) in [5.74, 6) is -0.756. The van der Waals surface area contributed by atoms with E-state index in [1.165, 1.54) is 0 Å². The second kappa shape index (κ2) is 10.0. The van der Waals surface area contributed by atoms with Crippen LogP contribution in [0.1, 0.15) is 0 Å². The topological polar surface area (TPSA) is 185 Å². The molecule has 3 aromatic carbocycles. The van der Waals surface area contributed by atoms with Gasteiger partial charge >= 0.3 is 59.1 Å². The van der Waals surface area contributed by atoms with Crippen LogP contribution in [-0.4, -0.2) is 31.0 Å². The van der Waals surface area contributed by atoms with E-state index < -0.39 is 47.2 Å². The number of aromatic hydroxyl groups is 1. The Morgan fingerprint density at radius 3 is 1.90 bits per heavy atom. The standard InChI is InChI=1S/C16H13N3O7S2.2Na/c17-12-8-11-9(6-13(12)27(21,22)23)7-14(28(24,25)26)15(16(11)20)19-18-10-4-2-1-3-5-10;;/h1-8,20H,17H2,(H,21,22,23)(H,24,25,26);;/q;2*+1/p-2. The minimum Gasteiger partial charge on any atom is -0.744 e. The predicted molar refractivity (Wildman–Crippen MR) is 96.6 cm³/mol. The summed E-state index contributed by atoms with van der Waals surface area (Å²) < 4.78 is 68.7. The number of nitrogens with two attached hydrogens (primary N) is 1. The van der Waals surface area contributed by atoms with Crippen LogP contribution in [0.5, 0.6) is 5.75 Å². The van der Waals surface area contributed by atoms with Crippen molar-refractivity contribution in [2.24, 2.45) is 10.2 Å². The molecule has 0 aliphatic heterocycles. The Morgan fingerprint density at radius 2 is 1.37 bits per heavy atom. The van der Waals surface area contributed by atoms with Crippen LogP contribution < -0.4 is 64.8 Å². The van der Waals surface area contributed by atoms with Gasteiger partial charge in [-0.05, 0) is 35.7 Å². The summed E-state index contributed by atoms with van der Waals surface area (Å²) in [7, 11) is -10.1. The molecule has 0 atom stereocenters. The van der Waals surface area contributed by atoms with Crippen LogP contribution in [0.25, 0.3) is 10.8 Å². The third-order valence-electron chi connectivity index (χ3n) is 3.74. The number of rotatable bonds is 4. The molecule has 3 aromatic rings. The Morgan fingerprint density at radius 1 is 0.833 bits per heavy atom. The van der Waals surface area contributed by atoms with E-state index in [1.54, 1.807) is 30.3 Å². The molecular formula is C16H11N3Na2O7S2. The Kier molecular flexibility index (Phi) is 9.03. The molecule has 0 spiro atoms. The number of nitrogens with zero attached hydrogens (tertiary/aromatic N) is 2. The van der Waals surface area contributed by atoms with Crippen molar-refractivity contribution >= 4 is 48.1 Å². The maximum atomic E-state index is 11.6. The van der Waals surface area contributed by atoms with Crippen molar-refractivity contribution < 1.29 is 90.2 Å². The average molecular weight is 467 g/mol. The summed E-state index contributed by atoms with van der Waals surface area (Å²) in [5.41, 5.74) is 4.79. The van der Waals surface area contributed by atoms with Gasteiger partial charge in [0.15, 0.2) is 5.75 Å². The third kappa shape index (κ3) is 5.79. The molecule has 0 heterocycles. The molecule has 30 heavy (non-hydrogen) atoms. The molecule has 14 heteroatoms. The van der Waals surface area contributed by atoms with E-state index in [0.29, 0.717) is 5.69 Å². The Labute approximate surface area is 216 Å². The van der Waals surface area contributed by atoms with Crippen LogP contribution in [-0.2, 0) is 20.2 Å². The van der Waals surface area contributed by atoms with Crippen molar-refractivity contribution in [3.8, 4) is 5.75 Å². The number of fused-ring (bicyclic) bond motifs is 1. The number of hydrogen-bond acceptors (Lipinski definition) is 10. The van der Waals surface area contributed by atoms with Gasteiger partial charge in [0.05, 0.1) is 15.5 Å². The summed E-state index contributed by atoms with van der Waals surface area (Å²) in [6.45, 7) is 0. The summed E-state index contributed by atoms with van der Waals surface area (Å²) in [4.78, 5) is -1.75. The first-order valence-electron chi connectivity index (χ1n) is 7.46. The molecule has 146 valence electrons. The molecule has 10 nitrogen and oxygen atoms in total. The Bertz CT molecular complexity index is 1330. The summed E-state index contributed by atoms with van der Waals surface area (Å²) in [6.07, 6.45) is 0. The molecule has 3 rings (SSSR count). The van der Waals surface area contributed by atoms with E-state index in [2.05, 4.69) is 10.2 Å². The Hall–Kier alpha value is -1.06. The zero-order valence-corrected chi connectivity index (χ0v) is 21.4. The molecule has 0 bridgehead atoms. The van der Waals surface area contributed by atoms with Crippen molar-refractivity contribution in [1.29, 1.82) is 0 Å². The first kappa shape index (κ1) is 27.0. The normalized spacial score (nSPS) is 11.8. The molecule has 0 aliphatic rings. The second-order valence-electron chi connectivity index (χ2n) is 5.63. The minimum absolute atomic E-state index is 0. The number of phenolic OH excluding ortho intramolecular Hbond substituents is 1. The third-order valence-corrected chi connectivity index (χ3v) is 5.48. The largest absolute Gasteiger partial charge is 1.00 e. The van der Waals surface area contributed by atoms with E-state index in [1.807, 2.05) is 0 Å². The van der Waals surface area contributed by atoms with Gasteiger partial charge in [0.1, 0.15) is 25.9 Å². The van der Waals surface area contributed by atoms with Gasteiger partial charge in [-0.3, -0.25) is 0 Å². The molecule has 0 fully saturated rings. The molecule has 0 saturated carbocycles. The molecule has 0 aromatic heterocycles. The van der Waals surface area contributed by atoms with E-state index in [9.17, 15) is 31.0 Å². The molecule has 0 unspecified atom stereocenters. The number of benzene rings is 3. The van der Waals surface area contributed by atoms with Gasteiger partial charge in [0, 0.05) is 11.1 Å². The van der Waals surface area contributed by atoms with E-state index in [-0.39, 0.29) is 69.9 Å². The van der Waals surface area contributed by atoms with E-state index in [0.717, 1.165) is 18.2 Å². The van der Waals surface area contributed by atoms with Gasteiger partial charge in [0.25, 0.3) is 0 Å². The minimum atomic E-state index is -5.13. The van der Waals surface area contributed by atoms with Crippen LogP contribution in [0.15, 0.2) is 68.6 Å². The van der Waals surface area contributed by atoms with Crippen LogP contribution in [0.4, 0.5) is 17.1 Å². The maximum Gasteiger partial charge on any atom is 1.00 e. The molecule has 0 aliphatic carbocycles. The summed E-state index contributed by atoms with van der Waals surface area (Å²) >= 11 is 0. The van der Waals surface area contributed by atoms with E-state index in [4.69, 9.17) is 5.73 Å². The van der Waals surface area contributed by atoms with Crippen LogP contribution in [0.2, 0.25) is 0 Å². The average Bonchev–Trinajstić information content (AvgIpc) is 2.60. The van der Waals surface area contributed by atoms with Crippen molar-refractivity contribution in [3.05, 3.63) is 48.5 Å². The Balaban J connectivity index is 0.00000225. The molecule has 3 N–H and O–H groups in total. The molecule has 0 saturated heterocycles. The van der Waals surface area contributed by atoms with Crippen molar-refractivity contribution in [3.63, 3.8) is 0 Å². The van der Waals surface area contributed by atoms with Crippen LogP contribution in [0.3, 0.4) is 0 Å². The number of azo groups is 1. The second-order valence-corrected chi connectivity index (χ2v) is 8.32. The quantitative estimate of drug-likeness (QED) is 0.170. The van der Waals surface area contributed by atoms with Gasteiger partial charge in [-0.1, -0.05) is 18.2 Å². The van der Waals surface area contributed by atoms with Gasteiger partial charge in [-0.15, -0.1) is 5.11 Å². The van der Waals surface area contributed by atoms with Crippen molar-refractivity contribution in [2.75, 3.05) is 5.73 Å². The predicted octanol–water partition coefficient (Wildman–Crippen LogP) is -3.64. The summed E-state index contributed by atoms with van der Waals surface area (Å²) in [5, 5.41) is 17.6.